The van der Waals surface area contributed by atoms with Gasteiger partial charge < -0.3 is 4.90 Å². The molecule has 1 unspecified atom stereocenters. The summed E-state index contributed by atoms with van der Waals surface area (Å²) in [7, 11) is -2.23. The predicted molar refractivity (Wildman–Crippen MR) is 85.6 cm³/mol. The Kier molecular flexibility index (Phi) is 4.06. The normalized spacial score (nSPS) is 17.9. The van der Waals surface area contributed by atoms with Crippen molar-refractivity contribution in [2.45, 2.75) is 16.6 Å². The minimum absolute atomic E-state index is 0.0128. The lowest BCUT2D eigenvalue weighted by Crippen LogP contribution is -2.32. The van der Waals surface area contributed by atoms with Gasteiger partial charge in [-0.05, 0) is 42.8 Å². The average molecular weight is 358 g/mol. The molecule has 0 spiro atoms. The van der Waals surface area contributed by atoms with E-state index in [1.807, 2.05) is 0 Å². The van der Waals surface area contributed by atoms with E-state index in [1.165, 1.54) is 24.3 Å². The van der Waals surface area contributed by atoms with Crippen molar-refractivity contribution >= 4 is 27.1 Å². The van der Waals surface area contributed by atoms with E-state index in [9.17, 15) is 17.2 Å². The molecular formula is C16H14ClF2NO2S. The molecule has 23 heavy (non-hydrogen) atoms. The Morgan fingerprint density at radius 1 is 1.09 bits per heavy atom. The molecule has 0 bridgehead atoms. The van der Waals surface area contributed by atoms with Gasteiger partial charge in [-0.1, -0.05) is 11.6 Å². The Labute approximate surface area is 138 Å². The topological polar surface area (TPSA) is 37.4 Å². The van der Waals surface area contributed by atoms with Crippen molar-refractivity contribution < 1.29 is 17.2 Å². The number of halogens is 3. The summed E-state index contributed by atoms with van der Waals surface area (Å²) in [5.74, 6) is -1.34. The first kappa shape index (κ1) is 16.2. The van der Waals surface area contributed by atoms with Crippen LogP contribution in [0.2, 0.25) is 5.02 Å². The lowest BCUT2D eigenvalue weighted by atomic mass is 10.0. The summed E-state index contributed by atoms with van der Waals surface area (Å²) in [6.45, 7) is 0.324. The summed E-state index contributed by atoms with van der Waals surface area (Å²) in [6, 6.07) is 7.68. The van der Waals surface area contributed by atoms with Crippen LogP contribution in [0.25, 0.3) is 0 Å². The van der Waals surface area contributed by atoms with Crippen molar-refractivity contribution in [1.82, 2.24) is 0 Å². The van der Waals surface area contributed by atoms with Gasteiger partial charge in [0.25, 0.3) is 0 Å². The van der Waals surface area contributed by atoms with Gasteiger partial charge in [0.2, 0.25) is 0 Å². The highest BCUT2D eigenvalue weighted by molar-refractivity contribution is 7.91. The Morgan fingerprint density at radius 2 is 1.70 bits per heavy atom. The number of benzene rings is 2. The zero-order valence-electron chi connectivity index (χ0n) is 12.3. The van der Waals surface area contributed by atoms with Crippen molar-refractivity contribution in [2.24, 2.45) is 0 Å². The zero-order chi connectivity index (χ0) is 16.8. The van der Waals surface area contributed by atoms with E-state index >= 15 is 0 Å². The average Bonchev–Trinajstić information content (AvgIpc) is 2.51. The Morgan fingerprint density at radius 3 is 2.35 bits per heavy atom. The maximum absolute atomic E-state index is 14.3. The minimum atomic E-state index is -3.85. The number of rotatable bonds is 2. The molecule has 0 aromatic heterocycles. The molecule has 1 heterocycles. The first-order valence-corrected chi connectivity index (χ1v) is 8.93. The lowest BCUT2D eigenvalue weighted by molar-refractivity contribution is 0.536. The van der Waals surface area contributed by atoms with Gasteiger partial charge in [0.05, 0.1) is 15.8 Å². The molecule has 0 fully saturated rings. The van der Waals surface area contributed by atoms with E-state index in [4.69, 9.17) is 11.6 Å². The van der Waals surface area contributed by atoms with Crippen LogP contribution in [-0.2, 0) is 9.84 Å². The molecule has 1 aliphatic heterocycles. The molecule has 3 nitrogen and oxygen atoms in total. The molecule has 0 radical (unpaired) electrons. The van der Waals surface area contributed by atoms with E-state index in [1.54, 1.807) is 11.9 Å². The fourth-order valence-electron chi connectivity index (χ4n) is 2.92. The van der Waals surface area contributed by atoms with Crippen LogP contribution in [0.4, 0.5) is 14.5 Å². The molecule has 1 atom stereocenters. The Balaban J connectivity index is 2.18. The summed E-state index contributed by atoms with van der Waals surface area (Å²) in [6.07, 6.45) is 0.189. The second kappa shape index (κ2) is 5.76. The highest BCUT2D eigenvalue weighted by atomic mass is 35.5. The maximum Gasteiger partial charge on any atom is 0.185 e. The Hall–Kier alpha value is -1.66. The summed E-state index contributed by atoms with van der Waals surface area (Å²) in [5, 5.41) is -0.712. The third-order valence-electron chi connectivity index (χ3n) is 4.06. The molecule has 3 rings (SSSR count). The molecule has 0 saturated carbocycles. The number of fused-ring (bicyclic) bond motifs is 1. The van der Waals surface area contributed by atoms with Crippen LogP contribution in [0.1, 0.15) is 17.2 Å². The standard InChI is InChI=1S/C16H14ClF2NO2S/c1-20-9-8-14(15-12(18)6-7-13(19)16(15)20)23(21,22)11-4-2-10(17)3-5-11/h2-7,14H,8-9H2,1H3. The highest BCUT2D eigenvalue weighted by Crippen LogP contribution is 2.43. The largest absolute Gasteiger partial charge is 0.372 e. The smallest absolute Gasteiger partial charge is 0.185 e. The van der Waals surface area contributed by atoms with Crippen molar-refractivity contribution in [3.8, 4) is 0 Å². The molecule has 0 N–H and O–H groups in total. The van der Waals surface area contributed by atoms with E-state index < -0.39 is 26.7 Å². The van der Waals surface area contributed by atoms with Crippen LogP contribution in [0.15, 0.2) is 41.3 Å². The summed E-state index contributed by atoms with van der Waals surface area (Å²) in [5.41, 5.74) is -0.0903. The fourth-order valence-corrected chi connectivity index (χ4v) is 4.84. The van der Waals surface area contributed by atoms with Crippen molar-refractivity contribution in [2.75, 3.05) is 18.5 Å². The SMILES string of the molecule is CN1CCC(S(=O)(=O)c2ccc(Cl)cc2)c2c(F)ccc(F)c21. The number of hydrogen-bond acceptors (Lipinski definition) is 3. The minimum Gasteiger partial charge on any atom is -0.372 e. The van der Waals surface area contributed by atoms with Gasteiger partial charge in [-0.2, -0.15) is 0 Å². The molecule has 1 aliphatic rings. The van der Waals surface area contributed by atoms with E-state index in [-0.39, 0.29) is 22.6 Å². The third-order valence-corrected chi connectivity index (χ3v) is 6.46. The number of anilines is 1. The second-order valence-electron chi connectivity index (χ2n) is 5.49. The van der Waals surface area contributed by atoms with Crippen molar-refractivity contribution in [3.63, 3.8) is 0 Å². The van der Waals surface area contributed by atoms with Gasteiger partial charge >= 0.3 is 0 Å². The van der Waals surface area contributed by atoms with Crippen LogP contribution in [0.3, 0.4) is 0 Å². The molecule has 7 heteroatoms. The van der Waals surface area contributed by atoms with Crippen LogP contribution >= 0.6 is 11.6 Å². The predicted octanol–water partition coefficient (Wildman–Crippen LogP) is 3.97. The second-order valence-corrected chi connectivity index (χ2v) is 8.06. The van der Waals surface area contributed by atoms with Gasteiger partial charge in [-0.25, -0.2) is 17.2 Å². The van der Waals surface area contributed by atoms with Gasteiger partial charge in [0.1, 0.15) is 11.6 Å². The lowest BCUT2D eigenvalue weighted by Gasteiger charge is -2.33. The van der Waals surface area contributed by atoms with Gasteiger partial charge in [0.15, 0.2) is 9.84 Å². The van der Waals surface area contributed by atoms with Crippen LogP contribution in [0, 0.1) is 11.6 Å². The maximum atomic E-state index is 14.3. The molecular weight excluding hydrogens is 344 g/mol. The Bertz CT molecular complexity index is 853. The first-order chi connectivity index (χ1) is 10.8. The highest BCUT2D eigenvalue weighted by Gasteiger charge is 2.38. The van der Waals surface area contributed by atoms with Crippen molar-refractivity contribution in [1.29, 1.82) is 0 Å². The molecule has 2 aromatic rings. The monoisotopic (exact) mass is 357 g/mol. The van der Waals surface area contributed by atoms with Gasteiger partial charge in [0, 0.05) is 24.2 Å². The number of hydrogen-bond donors (Lipinski definition) is 0. The summed E-state index contributed by atoms with van der Waals surface area (Å²) in [4.78, 5) is 1.59. The van der Waals surface area contributed by atoms with E-state index in [2.05, 4.69) is 0 Å². The third kappa shape index (κ3) is 2.70. The van der Waals surface area contributed by atoms with Gasteiger partial charge in [-0.3, -0.25) is 0 Å². The molecule has 122 valence electrons. The molecule has 0 saturated heterocycles. The molecule has 2 aromatic carbocycles. The van der Waals surface area contributed by atoms with Crippen molar-refractivity contribution in [3.05, 3.63) is 58.6 Å². The van der Waals surface area contributed by atoms with Crippen LogP contribution < -0.4 is 4.90 Å². The van der Waals surface area contributed by atoms with Gasteiger partial charge in [-0.15, -0.1) is 0 Å². The van der Waals surface area contributed by atoms with Crippen LogP contribution in [0.5, 0.6) is 0 Å². The van der Waals surface area contributed by atoms with E-state index in [0.29, 0.717) is 11.6 Å². The summed E-state index contributed by atoms with van der Waals surface area (Å²) < 4.78 is 54.2. The number of sulfone groups is 1. The molecule has 0 amide bonds. The fraction of sp³-hybridized carbons (Fsp3) is 0.250. The summed E-state index contributed by atoms with van der Waals surface area (Å²) >= 11 is 5.78. The van der Waals surface area contributed by atoms with E-state index in [0.717, 1.165) is 12.1 Å². The van der Waals surface area contributed by atoms with Crippen LogP contribution in [-0.4, -0.2) is 22.0 Å². The zero-order valence-corrected chi connectivity index (χ0v) is 13.8. The first-order valence-electron chi connectivity index (χ1n) is 7.01. The quantitative estimate of drug-likeness (QED) is 0.816. The molecule has 0 aliphatic carbocycles. The number of nitrogens with zero attached hydrogens (tertiary/aromatic N) is 1.